The highest BCUT2D eigenvalue weighted by atomic mass is 35.5. The highest BCUT2D eigenvalue weighted by molar-refractivity contribution is 6.32. The zero-order valence-electron chi connectivity index (χ0n) is 11.7. The molecule has 0 aromatic heterocycles. The predicted octanol–water partition coefficient (Wildman–Crippen LogP) is 3.67. The molecule has 0 saturated heterocycles. The summed E-state index contributed by atoms with van der Waals surface area (Å²) in [5.41, 5.74) is 0.899. The van der Waals surface area contributed by atoms with Gasteiger partial charge in [-0.3, -0.25) is 9.59 Å². The van der Waals surface area contributed by atoms with E-state index < -0.39 is 17.8 Å². The summed E-state index contributed by atoms with van der Waals surface area (Å²) < 4.78 is 23.1. The van der Waals surface area contributed by atoms with Crippen LogP contribution in [0.2, 0.25) is 5.02 Å². The quantitative estimate of drug-likeness (QED) is 0.438. The fraction of sp³-hybridized carbons (Fsp3) is 0.333. The van der Waals surface area contributed by atoms with Crippen molar-refractivity contribution in [3.63, 3.8) is 0 Å². The molecule has 0 atom stereocenters. The van der Waals surface area contributed by atoms with E-state index in [1.807, 2.05) is 6.92 Å². The Bertz CT molecular complexity index is 522. The van der Waals surface area contributed by atoms with Gasteiger partial charge in [-0.1, -0.05) is 23.2 Å². The summed E-state index contributed by atoms with van der Waals surface area (Å²) in [5, 5.41) is -0.00705. The Kier molecular flexibility index (Phi) is 6.88. The number of esters is 2. The molecule has 0 aliphatic rings. The molecule has 114 valence electrons. The van der Waals surface area contributed by atoms with Crippen LogP contribution >= 0.6 is 11.6 Å². The minimum absolute atomic E-state index is 0.00705. The molecule has 1 aromatic carbocycles. The minimum Gasteiger partial charge on any atom is -0.465 e. The van der Waals surface area contributed by atoms with Crippen LogP contribution in [0.15, 0.2) is 30.4 Å². The summed E-state index contributed by atoms with van der Waals surface area (Å²) >= 11 is 5.72. The summed E-state index contributed by atoms with van der Waals surface area (Å²) in [5.74, 6) is -2.34. The lowest BCUT2D eigenvalue weighted by Gasteiger charge is -2.07. The van der Waals surface area contributed by atoms with Crippen LogP contribution in [0.3, 0.4) is 0 Å². The van der Waals surface area contributed by atoms with Gasteiger partial charge in [0.1, 0.15) is 0 Å². The van der Waals surface area contributed by atoms with Crippen molar-refractivity contribution in [2.75, 3.05) is 6.61 Å². The van der Waals surface area contributed by atoms with Gasteiger partial charge in [0, 0.05) is 6.42 Å². The molecule has 21 heavy (non-hydrogen) atoms. The van der Waals surface area contributed by atoms with Crippen LogP contribution in [0.1, 0.15) is 26.2 Å². The maximum Gasteiger partial charge on any atom is 0.311 e. The largest absolute Gasteiger partial charge is 0.465 e. The summed E-state index contributed by atoms with van der Waals surface area (Å²) in [6, 6.07) is 3.92. The Balaban J connectivity index is 2.37. The van der Waals surface area contributed by atoms with Crippen LogP contribution in [0.25, 0.3) is 0 Å². The van der Waals surface area contributed by atoms with Crippen molar-refractivity contribution >= 4 is 23.5 Å². The molecule has 0 fully saturated rings. The van der Waals surface area contributed by atoms with E-state index in [1.165, 1.54) is 12.1 Å². The number of ether oxygens (including phenoxy) is 2. The third-order valence-corrected chi connectivity index (χ3v) is 2.76. The topological polar surface area (TPSA) is 52.6 Å². The van der Waals surface area contributed by atoms with Crippen molar-refractivity contribution < 1.29 is 23.5 Å². The second-order valence-corrected chi connectivity index (χ2v) is 4.86. The lowest BCUT2D eigenvalue weighted by atomic mass is 10.2. The van der Waals surface area contributed by atoms with Gasteiger partial charge in [-0.15, -0.1) is 6.58 Å². The second kappa shape index (κ2) is 8.42. The highest BCUT2D eigenvalue weighted by Gasteiger charge is 2.15. The lowest BCUT2D eigenvalue weighted by molar-refractivity contribution is -0.146. The van der Waals surface area contributed by atoms with E-state index in [0.717, 1.165) is 11.6 Å². The van der Waals surface area contributed by atoms with Crippen molar-refractivity contribution in [2.45, 2.75) is 26.2 Å². The Morgan fingerprint density at radius 3 is 2.52 bits per heavy atom. The maximum atomic E-state index is 13.4. The third kappa shape index (κ3) is 6.40. The van der Waals surface area contributed by atoms with Crippen molar-refractivity contribution in [3.8, 4) is 5.75 Å². The summed E-state index contributed by atoms with van der Waals surface area (Å²) in [4.78, 5) is 22.9. The first-order valence-corrected chi connectivity index (χ1v) is 6.72. The average molecular weight is 315 g/mol. The molecular formula is C15H16ClFO4. The van der Waals surface area contributed by atoms with Crippen molar-refractivity contribution in [2.24, 2.45) is 0 Å². The molecule has 0 bridgehead atoms. The van der Waals surface area contributed by atoms with E-state index in [2.05, 4.69) is 6.58 Å². The number of hydrogen-bond acceptors (Lipinski definition) is 4. The van der Waals surface area contributed by atoms with Crippen LogP contribution in [0.5, 0.6) is 5.75 Å². The third-order valence-electron chi connectivity index (χ3n) is 2.46. The molecule has 0 heterocycles. The van der Waals surface area contributed by atoms with Gasteiger partial charge in [-0.05, 0) is 19.1 Å². The van der Waals surface area contributed by atoms with Gasteiger partial charge in [0.15, 0.2) is 11.6 Å². The summed E-state index contributed by atoms with van der Waals surface area (Å²) in [6.07, 6.45) is 0.221. The van der Waals surface area contributed by atoms with Gasteiger partial charge >= 0.3 is 11.9 Å². The van der Waals surface area contributed by atoms with Gasteiger partial charge in [-0.25, -0.2) is 4.39 Å². The molecule has 0 aliphatic heterocycles. The van der Waals surface area contributed by atoms with Gasteiger partial charge in [0.2, 0.25) is 0 Å². The molecular weight excluding hydrogens is 299 g/mol. The van der Waals surface area contributed by atoms with Gasteiger partial charge in [0.25, 0.3) is 0 Å². The Morgan fingerprint density at radius 2 is 1.90 bits per heavy atom. The van der Waals surface area contributed by atoms with E-state index in [-0.39, 0.29) is 30.2 Å². The van der Waals surface area contributed by atoms with Crippen LogP contribution in [0, 0.1) is 5.82 Å². The number of benzene rings is 1. The normalized spacial score (nSPS) is 10.0. The first-order chi connectivity index (χ1) is 9.90. The van der Waals surface area contributed by atoms with E-state index >= 15 is 0 Å². The molecule has 6 heteroatoms. The van der Waals surface area contributed by atoms with Crippen molar-refractivity contribution in [1.29, 1.82) is 0 Å². The lowest BCUT2D eigenvalue weighted by Crippen LogP contribution is -2.13. The number of para-hydroxylation sites is 1. The van der Waals surface area contributed by atoms with Gasteiger partial charge in [-0.2, -0.15) is 0 Å². The Labute approximate surface area is 127 Å². The standard InChI is InChI=1S/C15H16ClFO4/c1-10(2)8-9-20-13(18)6-7-14(19)21-15-11(16)4-3-5-12(15)17/h3-5H,1,6-9H2,2H3. The van der Waals surface area contributed by atoms with Gasteiger partial charge < -0.3 is 9.47 Å². The fourth-order valence-corrected chi connectivity index (χ4v) is 1.56. The molecule has 0 unspecified atom stereocenters. The minimum atomic E-state index is -0.751. The van der Waals surface area contributed by atoms with E-state index in [1.54, 1.807) is 0 Å². The highest BCUT2D eigenvalue weighted by Crippen LogP contribution is 2.27. The van der Waals surface area contributed by atoms with Crippen molar-refractivity contribution in [1.82, 2.24) is 0 Å². The molecule has 0 N–H and O–H groups in total. The number of halogens is 2. The number of carbonyl (C=O) groups excluding carboxylic acids is 2. The average Bonchev–Trinajstić information content (AvgIpc) is 2.40. The molecule has 0 radical (unpaired) electrons. The molecule has 1 aromatic rings. The van der Waals surface area contributed by atoms with E-state index in [9.17, 15) is 14.0 Å². The summed E-state index contributed by atoms with van der Waals surface area (Å²) in [6.45, 7) is 5.72. The summed E-state index contributed by atoms with van der Waals surface area (Å²) in [7, 11) is 0. The number of carbonyl (C=O) groups is 2. The van der Waals surface area contributed by atoms with Crippen LogP contribution < -0.4 is 4.74 Å². The molecule has 4 nitrogen and oxygen atoms in total. The molecule has 0 amide bonds. The number of rotatable bonds is 7. The van der Waals surface area contributed by atoms with Gasteiger partial charge in [0.05, 0.1) is 24.5 Å². The molecule has 0 saturated carbocycles. The fourth-order valence-electron chi connectivity index (χ4n) is 1.36. The molecule has 0 aliphatic carbocycles. The SMILES string of the molecule is C=C(C)CCOC(=O)CCC(=O)Oc1c(F)cccc1Cl. The molecule has 1 rings (SSSR count). The smallest absolute Gasteiger partial charge is 0.311 e. The Hall–Kier alpha value is -1.88. The first-order valence-electron chi connectivity index (χ1n) is 6.35. The van der Waals surface area contributed by atoms with Crippen LogP contribution in [0.4, 0.5) is 4.39 Å². The maximum absolute atomic E-state index is 13.4. The first kappa shape index (κ1) is 17.2. The Morgan fingerprint density at radius 1 is 1.24 bits per heavy atom. The van der Waals surface area contributed by atoms with Crippen LogP contribution in [-0.2, 0) is 14.3 Å². The van der Waals surface area contributed by atoms with E-state index in [0.29, 0.717) is 6.42 Å². The zero-order chi connectivity index (χ0) is 15.8. The van der Waals surface area contributed by atoms with Crippen LogP contribution in [-0.4, -0.2) is 18.5 Å². The number of hydrogen-bond donors (Lipinski definition) is 0. The van der Waals surface area contributed by atoms with E-state index in [4.69, 9.17) is 21.1 Å². The molecule has 0 spiro atoms. The predicted molar refractivity (Wildman–Crippen MR) is 76.7 cm³/mol. The zero-order valence-corrected chi connectivity index (χ0v) is 12.4. The van der Waals surface area contributed by atoms with Crippen molar-refractivity contribution in [3.05, 3.63) is 41.2 Å². The second-order valence-electron chi connectivity index (χ2n) is 4.45. The monoisotopic (exact) mass is 314 g/mol.